The van der Waals surface area contributed by atoms with Crippen molar-refractivity contribution in [3.05, 3.63) is 48.0 Å². The van der Waals surface area contributed by atoms with Crippen LogP contribution in [0.2, 0.25) is 0 Å². The molecule has 0 bridgehead atoms. The molecular formula is C26H33F3N4O5. The lowest BCUT2D eigenvalue weighted by Crippen LogP contribution is -2.50. The molecule has 1 heterocycles. The fourth-order valence-electron chi connectivity index (χ4n) is 4.92. The minimum absolute atomic E-state index is 0.0144. The Morgan fingerprint density at radius 1 is 1.03 bits per heavy atom. The van der Waals surface area contributed by atoms with Gasteiger partial charge in [-0.3, -0.25) is 15.2 Å². The Labute approximate surface area is 219 Å². The number of hydrogen-bond donors (Lipinski definition) is 3. The van der Waals surface area contributed by atoms with E-state index in [0.717, 1.165) is 36.7 Å². The third kappa shape index (κ3) is 7.00. The maximum atomic E-state index is 13.3. The van der Waals surface area contributed by atoms with Gasteiger partial charge in [-0.15, -0.1) is 5.23 Å². The zero-order chi connectivity index (χ0) is 27.3. The first-order valence-electron chi connectivity index (χ1n) is 12.6. The van der Waals surface area contributed by atoms with Gasteiger partial charge in [-0.05, 0) is 68.1 Å². The van der Waals surface area contributed by atoms with E-state index >= 15 is 0 Å². The molecule has 0 spiro atoms. The van der Waals surface area contributed by atoms with E-state index in [2.05, 4.69) is 10.2 Å². The van der Waals surface area contributed by atoms with Gasteiger partial charge in [-0.25, -0.2) is 0 Å². The first-order chi connectivity index (χ1) is 18.1. The Morgan fingerprint density at radius 3 is 2.26 bits per heavy atom. The van der Waals surface area contributed by atoms with Gasteiger partial charge in [0, 0.05) is 43.6 Å². The minimum atomic E-state index is -4.74. The maximum Gasteiger partial charge on any atom is 0.418 e. The first-order valence-corrected chi connectivity index (χ1v) is 12.6. The summed E-state index contributed by atoms with van der Waals surface area (Å²) in [7, 11) is 1.63. The standard InChI is InChI=1S/C26H33F3N4O5/c1-37-21-9-5-20(6-10-21)31-12-14-32(15-13-31)25(34)17-38-22-7-2-18(3-8-22)30-19-4-11-24(33(35)36)23(16-19)26(27,28)29/h4-6,9-11,16,18,22,30,35-36H,2-3,7-8,12-15,17H2,1H3. The summed E-state index contributed by atoms with van der Waals surface area (Å²) in [4.78, 5) is 16.7. The van der Waals surface area contributed by atoms with Crippen molar-refractivity contribution in [2.75, 3.05) is 55.3 Å². The van der Waals surface area contributed by atoms with Crippen molar-refractivity contribution in [1.82, 2.24) is 4.90 Å². The normalized spacial score (nSPS) is 20.3. The topological polar surface area (TPSA) is 97.7 Å². The van der Waals surface area contributed by atoms with Gasteiger partial charge < -0.3 is 24.6 Å². The lowest BCUT2D eigenvalue weighted by Gasteiger charge is -2.36. The van der Waals surface area contributed by atoms with Gasteiger partial charge in [-0.1, -0.05) is 0 Å². The van der Waals surface area contributed by atoms with Gasteiger partial charge in [0.25, 0.3) is 0 Å². The number of rotatable bonds is 8. The van der Waals surface area contributed by atoms with Crippen LogP contribution < -0.4 is 20.2 Å². The van der Waals surface area contributed by atoms with Crippen molar-refractivity contribution in [2.24, 2.45) is 0 Å². The molecule has 0 atom stereocenters. The number of carbonyl (C=O) groups excluding carboxylic acids is 1. The number of amides is 1. The number of benzene rings is 2. The molecule has 1 saturated heterocycles. The summed E-state index contributed by atoms with van der Waals surface area (Å²) in [6, 6.07) is 11.0. The van der Waals surface area contributed by atoms with Crippen LogP contribution in [0.1, 0.15) is 31.2 Å². The number of nitrogens with zero attached hydrogens (tertiary/aromatic N) is 3. The predicted molar refractivity (Wildman–Crippen MR) is 135 cm³/mol. The molecule has 12 heteroatoms. The monoisotopic (exact) mass is 538 g/mol. The number of methoxy groups -OCH3 is 1. The highest BCUT2D eigenvalue weighted by Crippen LogP contribution is 2.38. The highest BCUT2D eigenvalue weighted by atomic mass is 19.4. The third-order valence-electron chi connectivity index (χ3n) is 7.07. The molecule has 2 aromatic carbocycles. The summed E-state index contributed by atoms with van der Waals surface area (Å²) in [6.45, 7) is 2.73. The van der Waals surface area contributed by atoms with Crippen molar-refractivity contribution in [3.63, 3.8) is 0 Å². The van der Waals surface area contributed by atoms with E-state index in [1.807, 2.05) is 29.2 Å². The molecule has 2 fully saturated rings. The molecule has 3 N–H and O–H groups in total. The Bertz CT molecular complexity index is 1070. The largest absolute Gasteiger partial charge is 0.497 e. The second-order valence-corrected chi connectivity index (χ2v) is 9.51. The van der Waals surface area contributed by atoms with Crippen molar-refractivity contribution in [3.8, 4) is 5.75 Å². The summed E-state index contributed by atoms with van der Waals surface area (Å²) in [5.41, 5.74) is -0.551. The molecule has 2 aliphatic rings. The number of ether oxygens (including phenoxy) is 2. The third-order valence-corrected chi connectivity index (χ3v) is 7.07. The number of halogens is 3. The Morgan fingerprint density at radius 2 is 1.68 bits per heavy atom. The number of piperazine rings is 1. The molecule has 1 amide bonds. The number of nitrogens with one attached hydrogen (secondary N) is 1. The summed E-state index contributed by atoms with van der Waals surface area (Å²) >= 11 is 0. The number of alkyl halides is 3. The smallest absolute Gasteiger partial charge is 0.418 e. The van der Waals surface area contributed by atoms with Crippen LogP contribution >= 0.6 is 0 Å². The zero-order valence-electron chi connectivity index (χ0n) is 21.2. The van der Waals surface area contributed by atoms with Crippen molar-refractivity contribution in [2.45, 2.75) is 44.0 Å². The molecule has 0 unspecified atom stereocenters. The number of carbonyl (C=O) groups is 1. The van der Waals surface area contributed by atoms with Crippen LogP contribution in [0.5, 0.6) is 5.75 Å². The summed E-state index contributed by atoms with van der Waals surface area (Å²) < 4.78 is 51.0. The van der Waals surface area contributed by atoms with E-state index < -0.39 is 22.7 Å². The van der Waals surface area contributed by atoms with Crippen LogP contribution in [-0.4, -0.2) is 73.3 Å². The van der Waals surface area contributed by atoms with Crippen LogP contribution in [0.3, 0.4) is 0 Å². The highest BCUT2D eigenvalue weighted by Gasteiger charge is 2.35. The van der Waals surface area contributed by atoms with E-state index in [-0.39, 0.29) is 30.3 Å². The predicted octanol–water partition coefficient (Wildman–Crippen LogP) is 4.39. The Kier molecular flexibility index (Phi) is 8.85. The van der Waals surface area contributed by atoms with E-state index in [9.17, 15) is 18.0 Å². The molecule has 1 aliphatic heterocycles. The second-order valence-electron chi connectivity index (χ2n) is 9.51. The zero-order valence-corrected chi connectivity index (χ0v) is 21.2. The Hall–Kier alpha value is -3.22. The number of hydrogen-bond acceptors (Lipinski definition) is 8. The quantitative estimate of drug-likeness (QED) is 0.426. The Balaban J connectivity index is 1.19. The molecule has 4 rings (SSSR count). The van der Waals surface area contributed by atoms with Crippen LogP contribution in [0.25, 0.3) is 0 Å². The van der Waals surface area contributed by atoms with Gasteiger partial charge >= 0.3 is 6.18 Å². The fourth-order valence-corrected chi connectivity index (χ4v) is 4.92. The van der Waals surface area contributed by atoms with Crippen LogP contribution in [0.4, 0.5) is 30.2 Å². The fraction of sp³-hybridized carbons (Fsp3) is 0.500. The average molecular weight is 539 g/mol. The van der Waals surface area contributed by atoms with Crippen LogP contribution in [0.15, 0.2) is 42.5 Å². The molecule has 2 aromatic rings. The van der Waals surface area contributed by atoms with E-state index in [4.69, 9.17) is 19.9 Å². The molecule has 9 nitrogen and oxygen atoms in total. The van der Waals surface area contributed by atoms with E-state index in [1.54, 1.807) is 7.11 Å². The van der Waals surface area contributed by atoms with Crippen molar-refractivity contribution < 1.29 is 37.9 Å². The highest BCUT2D eigenvalue weighted by molar-refractivity contribution is 5.77. The van der Waals surface area contributed by atoms with E-state index in [0.29, 0.717) is 38.8 Å². The molecule has 1 saturated carbocycles. The molecule has 38 heavy (non-hydrogen) atoms. The lowest BCUT2D eigenvalue weighted by atomic mass is 9.92. The van der Waals surface area contributed by atoms with Crippen molar-refractivity contribution >= 4 is 23.0 Å². The van der Waals surface area contributed by atoms with Gasteiger partial charge in [0.2, 0.25) is 5.91 Å². The van der Waals surface area contributed by atoms with Gasteiger partial charge in [0.15, 0.2) is 0 Å². The molecule has 0 radical (unpaired) electrons. The van der Waals surface area contributed by atoms with Crippen LogP contribution in [0, 0.1) is 0 Å². The lowest BCUT2D eigenvalue weighted by molar-refractivity contribution is -0.139. The average Bonchev–Trinajstić information content (AvgIpc) is 2.92. The van der Waals surface area contributed by atoms with Crippen molar-refractivity contribution in [1.29, 1.82) is 0 Å². The number of anilines is 3. The second kappa shape index (κ2) is 12.1. The maximum absolute atomic E-state index is 13.3. The molecule has 1 aliphatic carbocycles. The summed E-state index contributed by atoms with van der Waals surface area (Å²) in [5, 5.41) is 20.7. The first kappa shape index (κ1) is 27.8. The summed E-state index contributed by atoms with van der Waals surface area (Å²) in [5.74, 6) is 0.761. The SMILES string of the molecule is COc1ccc(N2CCN(C(=O)COC3CCC(Nc4ccc(N(O)O)c(C(F)(F)F)c4)CC3)CC2)cc1. The summed E-state index contributed by atoms with van der Waals surface area (Å²) in [6.07, 6.45) is -2.11. The molecule has 0 aromatic heterocycles. The van der Waals surface area contributed by atoms with Crippen LogP contribution in [-0.2, 0) is 15.7 Å². The van der Waals surface area contributed by atoms with Gasteiger partial charge in [0.05, 0.1) is 18.8 Å². The molecular weight excluding hydrogens is 505 g/mol. The minimum Gasteiger partial charge on any atom is -0.497 e. The van der Waals surface area contributed by atoms with E-state index in [1.165, 1.54) is 6.07 Å². The molecule has 208 valence electrons. The van der Waals surface area contributed by atoms with Gasteiger partial charge in [0.1, 0.15) is 18.0 Å². The van der Waals surface area contributed by atoms with Gasteiger partial charge in [-0.2, -0.15) is 13.2 Å².